The van der Waals surface area contributed by atoms with Crippen molar-refractivity contribution in [3.8, 4) is 11.5 Å². The first kappa shape index (κ1) is 11.4. The van der Waals surface area contributed by atoms with Gasteiger partial charge in [0, 0.05) is 12.0 Å². The highest BCUT2D eigenvalue weighted by Gasteiger charge is 2.09. The molecule has 0 atom stereocenters. The summed E-state index contributed by atoms with van der Waals surface area (Å²) in [5, 5.41) is 4.74. The average molecular weight is 258 g/mol. The van der Waals surface area contributed by atoms with E-state index in [1.54, 1.807) is 18.2 Å². The molecule has 1 aromatic heterocycles. The van der Waals surface area contributed by atoms with Crippen LogP contribution in [0.15, 0.2) is 22.7 Å². The lowest BCUT2D eigenvalue weighted by Gasteiger charge is -1.97. The van der Waals surface area contributed by atoms with Crippen molar-refractivity contribution >= 4 is 23.2 Å². The quantitative estimate of drug-likeness (QED) is 0.918. The molecule has 2 rings (SSSR count). The van der Waals surface area contributed by atoms with Gasteiger partial charge in [-0.25, -0.2) is 0 Å². The first-order valence-electron chi connectivity index (χ1n) is 4.69. The van der Waals surface area contributed by atoms with Gasteiger partial charge in [0.2, 0.25) is 0 Å². The van der Waals surface area contributed by atoms with Gasteiger partial charge >= 0.3 is 0 Å². The highest BCUT2D eigenvalue weighted by Crippen LogP contribution is 2.27. The number of hydrogen-bond donors (Lipinski definition) is 1. The topological polar surface area (TPSA) is 64.9 Å². The highest BCUT2D eigenvalue weighted by molar-refractivity contribution is 6.42. The maximum atomic E-state index is 5.89. The fraction of sp³-hybridized carbons (Fsp3) is 0.200. The lowest BCUT2D eigenvalue weighted by Crippen LogP contribution is -2.03. The molecule has 0 spiro atoms. The van der Waals surface area contributed by atoms with Crippen LogP contribution < -0.4 is 5.73 Å². The fourth-order valence-corrected chi connectivity index (χ4v) is 1.53. The van der Waals surface area contributed by atoms with Crippen LogP contribution in [0.3, 0.4) is 0 Å². The van der Waals surface area contributed by atoms with Crippen LogP contribution in [-0.2, 0) is 6.42 Å². The molecule has 0 amide bonds. The Morgan fingerprint density at radius 1 is 1.25 bits per heavy atom. The summed E-state index contributed by atoms with van der Waals surface area (Å²) in [4.78, 5) is 4.18. The molecule has 0 radical (unpaired) electrons. The number of rotatable bonds is 3. The van der Waals surface area contributed by atoms with Gasteiger partial charge in [-0.2, -0.15) is 4.98 Å². The van der Waals surface area contributed by atoms with E-state index < -0.39 is 0 Å². The van der Waals surface area contributed by atoms with E-state index >= 15 is 0 Å². The number of benzene rings is 1. The lowest BCUT2D eigenvalue weighted by atomic mass is 10.2. The van der Waals surface area contributed by atoms with Crippen molar-refractivity contribution in [3.63, 3.8) is 0 Å². The first-order chi connectivity index (χ1) is 7.70. The van der Waals surface area contributed by atoms with E-state index in [2.05, 4.69) is 10.1 Å². The molecule has 0 saturated heterocycles. The van der Waals surface area contributed by atoms with E-state index in [-0.39, 0.29) is 0 Å². The van der Waals surface area contributed by atoms with Crippen LogP contribution in [0.4, 0.5) is 0 Å². The predicted octanol–water partition coefficient (Wildman–Crippen LogP) is 2.54. The summed E-state index contributed by atoms with van der Waals surface area (Å²) in [5.74, 6) is 1.01. The normalized spacial score (nSPS) is 10.7. The summed E-state index contributed by atoms with van der Waals surface area (Å²) in [6.45, 7) is 0.486. The maximum Gasteiger partial charge on any atom is 0.257 e. The Morgan fingerprint density at radius 3 is 2.75 bits per heavy atom. The minimum absolute atomic E-state index is 0.419. The van der Waals surface area contributed by atoms with E-state index in [0.717, 1.165) is 5.56 Å². The van der Waals surface area contributed by atoms with E-state index in [0.29, 0.717) is 34.7 Å². The minimum atomic E-state index is 0.419. The van der Waals surface area contributed by atoms with Crippen molar-refractivity contribution in [3.05, 3.63) is 34.1 Å². The zero-order chi connectivity index (χ0) is 11.5. The van der Waals surface area contributed by atoms with Crippen LogP contribution in [0, 0.1) is 0 Å². The number of nitrogens with two attached hydrogens (primary N) is 1. The molecule has 84 valence electrons. The summed E-state index contributed by atoms with van der Waals surface area (Å²) in [7, 11) is 0. The number of nitrogens with zero attached hydrogens (tertiary/aromatic N) is 2. The van der Waals surface area contributed by atoms with E-state index in [1.165, 1.54) is 0 Å². The zero-order valence-corrected chi connectivity index (χ0v) is 9.79. The van der Waals surface area contributed by atoms with Crippen LogP contribution in [-0.4, -0.2) is 16.7 Å². The van der Waals surface area contributed by atoms with Crippen molar-refractivity contribution in [1.29, 1.82) is 0 Å². The van der Waals surface area contributed by atoms with Gasteiger partial charge in [0.15, 0.2) is 5.82 Å². The van der Waals surface area contributed by atoms with E-state index in [4.69, 9.17) is 33.5 Å². The SMILES string of the molecule is NCCc1noc(-c2ccc(Cl)c(Cl)c2)n1. The second-order valence-corrected chi connectivity index (χ2v) is 4.00. The molecule has 0 aliphatic rings. The van der Waals surface area contributed by atoms with Crippen LogP contribution in [0.1, 0.15) is 5.82 Å². The van der Waals surface area contributed by atoms with Gasteiger partial charge in [-0.3, -0.25) is 0 Å². The Morgan fingerprint density at radius 2 is 2.06 bits per heavy atom. The maximum absolute atomic E-state index is 5.89. The molecule has 0 aliphatic carbocycles. The van der Waals surface area contributed by atoms with Gasteiger partial charge in [-0.1, -0.05) is 28.4 Å². The monoisotopic (exact) mass is 257 g/mol. The predicted molar refractivity (Wildman–Crippen MR) is 62.5 cm³/mol. The van der Waals surface area contributed by atoms with Crippen molar-refractivity contribution in [1.82, 2.24) is 10.1 Å². The molecule has 0 aliphatic heterocycles. The third-order valence-corrected chi connectivity index (χ3v) is 2.74. The van der Waals surface area contributed by atoms with Gasteiger partial charge in [0.05, 0.1) is 10.0 Å². The van der Waals surface area contributed by atoms with Crippen LogP contribution in [0.2, 0.25) is 10.0 Å². The third-order valence-electron chi connectivity index (χ3n) is 2.00. The zero-order valence-electron chi connectivity index (χ0n) is 8.28. The van der Waals surface area contributed by atoms with E-state index in [1.807, 2.05) is 0 Å². The van der Waals surface area contributed by atoms with Crippen molar-refractivity contribution in [2.45, 2.75) is 6.42 Å². The average Bonchev–Trinajstić information content (AvgIpc) is 2.71. The molecule has 1 heterocycles. The number of halogens is 2. The smallest absolute Gasteiger partial charge is 0.257 e. The first-order valence-corrected chi connectivity index (χ1v) is 5.44. The van der Waals surface area contributed by atoms with Crippen LogP contribution >= 0.6 is 23.2 Å². The molecule has 0 unspecified atom stereocenters. The van der Waals surface area contributed by atoms with E-state index in [9.17, 15) is 0 Å². The number of hydrogen-bond acceptors (Lipinski definition) is 4. The second kappa shape index (κ2) is 4.82. The van der Waals surface area contributed by atoms with Gasteiger partial charge in [-0.15, -0.1) is 0 Å². The summed E-state index contributed by atoms with van der Waals surface area (Å²) in [6.07, 6.45) is 0.588. The summed E-state index contributed by atoms with van der Waals surface area (Å²) >= 11 is 11.7. The van der Waals surface area contributed by atoms with Gasteiger partial charge in [0.25, 0.3) is 5.89 Å². The summed E-state index contributed by atoms with van der Waals surface area (Å²) in [5.41, 5.74) is 6.13. The summed E-state index contributed by atoms with van der Waals surface area (Å²) in [6, 6.07) is 5.14. The molecule has 0 saturated carbocycles. The molecule has 6 heteroatoms. The fourth-order valence-electron chi connectivity index (χ4n) is 1.23. The largest absolute Gasteiger partial charge is 0.334 e. The summed E-state index contributed by atoms with van der Waals surface area (Å²) < 4.78 is 5.08. The Kier molecular flexibility index (Phi) is 3.43. The molecule has 1 aromatic carbocycles. The van der Waals surface area contributed by atoms with Crippen molar-refractivity contribution in [2.24, 2.45) is 5.73 Å². The third kappa shape index (κ3) is 2.35. The highest BCUT2D eigenvalue weighted by atomic mass is 35.5. The Balaban J connectivity index is 2.31. The van der Waals surface area contributed by atoms with Crippen molar-refractivity contribution in [2.75, 3.05) is 6.54 Å². The molecule has 2 N–H and O–H groups in total. The standard InChI is InChI=1S/C10H9Cl2N3O/c11-7-2-1-6(5-8(7)12)10-14-9(3-4-13)15-16-10/h1-2,5H,3-4,13H2. The van der Waals surface area contributed by atoms with Gasteiger partial charge < -0.3 is 10.3 Å². The Hall–Kier alpha value is -1.10. The Bertz CT molecular complexity index is 499. The van der Waals surface area contributed by atoms with Crippen LogP contribution in [0.25, 0.3) is 11.5 Å². The van der Waals surface area contributed by atoms with Crippen LogP contribution in [0.5, 0.6) is 0 Å². The molecular formula is C10H9Cl2N3O. The van der Waals surface area contributed by atoms with Crippen molar-refractivity contribution < 1.29 is 4.52 Å². The Labute approximate surface area is 102 Å². The number of aromatic nitrogens is 2. The molecule has 2 aromatic rings. The van der Waals surface area contributed by atoms with Gasteiger partial charge in [0.1, 0.15) is 0 Å². The lowest BCUT2D eigenvalue weighted by molar-refractivity contribution is 0.422. The molecule has 0 bridgehead atoms. The second-order valence-electron chi connectivity index (χ2n) is 3.18. The molecule has 16 heavy (non-hydrogen) atoms. The molecule has 4 nitrogen and oxygen atoms in total. The molecular weight excluding hydrogens is 249 g/mol. The molecule has 0 fully saturated rings. The van der Waals surface area contributed by atoms with Gasteiger partial charge in [-0.05, 0) is 24.7 Å². The minimum Gasteiger partial charge on any atom is -0.334 e.